The third-order valence-electron chi connectivity index (χ3n) is 3.96. The van der Waals surface area contributed by atoms with Crippen molar-refractivity contribution in [3.05, 3.63) is 24.2 Å². The lowest BCUT2D eigenvalue weighted by Gasteiger charge is -2.17. The van der Waals surface area contributed by atoms with Gasteiger partial charge in [0.2, 0.25) is 0 Å². The van der Waals surface area contributed by atoms with E-state index in [-0.39, 0.29) is 0 Å². The monoisotopic (exact) mass is 275 g/mol. The van der Waals surface area contributed by atoms with Crippen LogP contribution in [0.15, 0.2) is 18.3 Å². The van der Waals surface area contributed by atoms with Gasteiger partial charge < -0.3 is 9.30 Å². The molecule has 4 nitrogen and oxygen atoms in total. The SMILES string of the molecule is c1cnc2c(c1)nc(C1CCCS1)n2C1CCOC1. The minimum absolute atomic E-state index is 0.413. The maximum absolute atomic E-state index is 5.56. The van der Waals surface area contributed by atoms with Crippen molar-refractivity contribution in [1.82, 2.24) is 14.5 Å². The molecule has 2 aromatic rings. The molecule has 0 radical (unpaired) electrons. The fourth-order valence-electron chi connectivity index (χ4n) is 3.04. The number of hydrogen-bond acceptors (Lipinski definition) is 4. The minimum Gasteiger partial charge on any atom is -0.379 e. The lowest BCUT2D eigenvalue weighted by atomic mass is 10.2. The molecule has 0 saturated carbocycles. The van der Waals surface area contributed by atoms with Gasteiger partial charge in [0.25, 0.3) is 0 Å². The zero-order valence-corrected chi connectivity index (χ0v) is 11.6. The van der Waals surface area contributed by atoms with Gasteiger partial charge in [-0.3, -0.25) is 0 Å². The predicted molar refractivity (Wildman–Crippen MR) is 76.4 cm³/mol. The Kier molecular flexibility index (Phi) is 2.96. The van der Waals surface area contributed by atoms with E-state index in [0.717, 1.165) is 30.8 Å². The summed E-state index contributed by atoms with van der Waals surface area (Å²) >= 11 is 2.03. The molecule has 2 aliphatic rings. The van der Waals surface area contributed by atoms with E-state index in [9.17, 15) is 0 Å². The molecule has 2 saturated heterocycles. The van der Waals surface area contributed by atoms with E-state index in [2.05, 4.69) is 15.6 Å². The van der Waals surface area contributed by atoms with Crippen molar-refractivity contribution in [3.8, 4) is 0 Å². The van der Waals surface area contributed by atoms with Crippen molar-refractivity contribution in [2.24, 2.45) is 0 Å². The Morgan fingerprint density at radius 2 is 2.37 bits per heavy atom. The van der Waals surface area contributed by atoms with Crippen LogP contribution in [0.5, 0.6) is 0 Å². The Morgan fingerprint density at radius 3 is 3.16 bits per heavy atom. The maximum atomic E-state index is 5.56. The van der Waals surface area contributed by atoms with Crippen LogP contribution < -0.4 is 0 Å². The summed E-state index contributed by atoms with van der Waals surface area (Å²) in [7, 11) is 0. The molecule has 19 heavy (non-hydrogen) atoms. The standard InChI is InChI=1S/C14H17N3OS/c1-3-11-13(15-6-1)17(10-5-7-18-9-10)14(16-11)12-4-2-8-19-12/h1,3,6,10,12H,2,4-5,7-9H2. The van der Waals surface area contributed by atoms with Crippen LogP contribution in [0.1, 0.15) is 36.4 Å². The molecule has 4 rings (SSSR count). The topological polar surface area (TPSA) is 39.9 Å². The molecular formula is C14H17N3OS. The van der Waals surface area contributed by atoms with Gasteiger partial charge in [0.1, 0.15) is 11.3 Å². The first-order valence-corrected chi connectivity index (χ1v) is 8.00. The van der Waals surface area contributed by atoms with E-state index in [1.165, 1.54) is 24.4 Å². The van der Waals surface area contributed by atoms with Crippen LogP contribution in [0.2, 0.25) is 0 Å². The van der Waals surface area contributed by atoms with E-state index in [1.54, 1.807) is 0 Å². The van der Waals surface area contributed by atoms with E-state index >= 15 is 0 Å². The van der Waals surface area contributed by atoms with Gasteiger partial charge in [0.15, 0.2) is 5.65 Å². The van der Waals surface area contributed by atoms with Crippen LogP contribution in [-0.4, -0.2) is 33.5 Å². The van der Waals surface area contributed by atoms with Crippen LogP contribution in [0.25, 0.3) is 11.2 Å². The fourth-order valence-corrected chi connectivity index (χ4v) is 4.31. The van der Waals surface area contributed by atoms with Crippen LogP contribution in [-0.2, 0) is 4.74 Å². The van der Waals surface area contributed by atoms with Crippen LogP contribution in [0.4, 0.5) is 0 Å². The molecule has 100 valence electrons. The number of fused-ring (bicyclic) bond motifs is 1. The van der Waals surface area contributed by atoms with Crippen molar-refractivity contribution >= 4 is 22.9 Å². The van der Waals surface area contributed by atoms with Crippen molar-refractivity contribution in [1.29, 1.82) is 0 Å². The number of thioether (sulfide) groups is 1. The third kappa shape index (κ3) is 1.96. The Balaban J connectivity index is 1.87. The van der Waals surface area contributed by atoms with Gasteiger partial charge in [0.05, 0.1) is 17.9 Å². The van der Waals surface area contributed by atoms with Crippen LogP contribution in [0.3, 0.4) is 0 Å². The second-order valence-corrected chi connectivity index (χ2v) is 6.52. The lowest BCUT2D eigenvalue weighted by molar-refractivity contribution is 0.186. The summed E-state index contributed by atoms with van der Waals surface area (Å²) in [4.78, 5) is 9.42. The molecule has 2 unspecified atom stereocenters. The average molecular weight is 275 g/mol. The Hall–Kier alpha value is -1.07. The quantitative estimate of drug-likeness (QED) is 0.845. The van der Waals surface area contributed by atoms with E-state index in [0.29, 0.717) is 11.3 Å². The van der Waals surface area contributed by atoms with Gasteiger partial charge in [-0.15, -0.1) is 0 Å². The summed E-state index contributed by atoms with van der Waals surface area (Å²) in [6.45, 7) is 1.65. The molecule has 0 bridgehead atoms. The van der Waals surface area contributed by atoms with Gasteiger partial charge in [-0.25, -0.2) is 9.97 Å². The first-order chi connectivity index (χ1) is 9.43. The zero-order valence-electron chi connectivity index (χ0n) is 10.8. The zero-order chi connectivity index (χ0) is 12.7. The summed E-state index contributed by atoms with van der Waals surface area (Å²) < 4.78 is 7.92. The molecule has 0 aliphatic carbocycles. The maximum Gasteiger partial charge on any atom is 0.160 e. The summed E-state index contributed by atoms with van der Waals surface area (Å²) in [6, 6.07) is 4.45. The average Bonchev–Trinajstić information content (AvgIpc) is 3.17. The number of rotatable bonds is 2. The van der Waals surface area contributed by atoms with Crippen molar-refractivity contribution in [2.45, 2.75) is 30.6 Å². The Bertz CT molecular complexity index is 585. The van der Waals surface area contributed by atoms with Gasteiger partial charge in [-0.2, -0.15) is 11.8 Å². The highest BCUT2D eigenvalue weighted by Crippen LogP contribution is 2.41. The van der Waals surface area contributed by atoms with E-state index in [1.807, 2.05) is 24.0 Å². The Labute approximate surface area is 116 Å². The molecular weight excluding hydrogens is 258 g/mol. The van der Waals surface area contributed by atoms with E-state index < -0.39 is 0 Å². The highest BCUT2D eigenvalue weighted by Gasteiger charge is 2.29. The first-order valence-electron chi connectivity index (χ1n) is 6.95. The summed E-state index contributed by atoms with van der Waals surface area (Å²) in [6.07, 6.45) is 5.48. The number of ether oxygens (including phenoxy) is 1. The summed E-state index contributed by atoms with van der Waals surface area (Å²) in [5.74, 6) is 2.47. The largest absolute Gasteiger partial charge is 0.379 e. The molecule has 4 heterocycles. The number of hydrogen-bond donors (Lipinski definition) is 0. The van der Waals surface area contributed by atoms with Crippen molar-refractivity contribution in [3.63, 3.8) is 0 Å². The van der Waals surface area contributed by atoms with Crippen LogP contribution in [0, 0.1) is 0 Å². The molecule has 2 aliphatic heterocycles. The minimum atomic E-state index is 0.413. The molecule has 0 N–H and O–H groups in total. The molecule has 2 aromatic heterocycles. The summed E-state index contributed by atoms with van der Waals surface area (Å²) in [5, 5.41) is 0.537. The highest BCUT2D eigenvalue weighted by atomic mass is 32.2. The molecule has 5 heteroatoms. The number of nitrogens with zero attached hydrogens (tertiary/aromatic N) is 3. The second-order valence-electron chi connectivity index (χ2n) is 5.21. The molecule has 0 aromatic carbocycles. The molecule has 2 fully saturated rings. The van der Waals surface area contributed by atoms with Gasteiger partial charge in [-0.05, 0) is 37.1 Å². The second kappa shape index (κ2) is 4.80. The fraction of sp³-hybridized carbons (Fsp3) is 0.571. The molecule has 0 spiro atoms. The molecule has 0 amide bonds. The van der Waals surface area contributed by atoms with Gasteiger partial charge in [-0.1, -0.05) is 0 Å². The Morgan fingerprint density at radius 1 is 1.37 bits per heavy atom. The van der Waals surface area contributed by atoms with Gasteiger partial charge >= 0.3 is 0 Å². The number of imidazole rings is 1. The van der Waals surface area contributed by atoms with Gasteiger partial charge in [0, 0.05) is 12.8 Å². The van der Waals surface area contributed by atoms with Crippen molar-refractivity contribution < 1.29 is 4.74 Å². The summed E-state index contributed by atoms with van der Waals surface area (Å²) in [5.41, 5.74) is 2.05. The number of pyridine rings is 1. The number of aromatic nitrogens is 3. The highest BCUT2D eigenvalue weighted by molar-refractivity contribution is 7.99. The normalized spacial score (nSPS) is 27.4. The van der Waals surface area contributed by atoms with E-state index in [4.69, 9.17) is 9.72 Å². The van der Waals surface area contributed by atoms with Crippen LogP contribution >= 0.6 is 11.8 Å². The lowest BCUT2D eigenvalue weighted by Crippen LogP contribution is -2.14. The smallest absolute Gasteiger partial charge is 0.160 e. The first kappa shape index (κ1) is 11.7. The predicted octanol–water partition coefficient (Wildman–Crippen LogP) is 2.96. The third-order valence-corrected chi connectivity index (χ3v) is 5.34. The van der Waals surface area contributed by atoms with Crippen molar-refractivity contribution in [2.75, 3.05) is 19.0 Å². The molecule has 2 atom stereocenters.